The number of halogens is 6. The standard InChI is InChI=1S/C11H5F6N2/c12-10(13,14)8-6-9(11(15,16)17)19(18-8)7-4-2-1-3-5-7/h1-2,4-6H. The predicted octanol–water partition coefficient (Wildman–Crippen LogP) is 3.71. The third-order valence-corrected chi connectivity index (χ3v) is 2.23. The molecule has 101 valence electrons. The van der Waals surface area contributed by atoms with E-state index in [9.17, 15) is 26.3 Å². The molecule has 1 aromatic carbocycles. The van der Waals surface area contributed by atoms with Crippen molar-refractivity contribution >= 4 is 0 Å². The van der Waals surface area contributed by atoms with E-state index >= 15 is 0 Å². The van der Waals surface area contributed by atoms with Gasteiger partial charge in [-0.3, -0.25) is 0 Å². The summed E-state index contributed by atoms with van der Waals surface area (Å²) < 4.78 is 75.6. The largest absolute Gasteiger partial charge is 0.435 e. The van der Waals surface area contributed by atoms with Crippen molar-refractivity contribution in [2.75, 3.05) is 0 Å². The summed E-state index contributed by atoms with van der Waals surface area (Å²) in [5.74, 6) is 0. The van der Waals surface area contributed by atoms with Crippen LogP contribution in [0, 0.1) is 6.07 Å². The predicted molar refractivity (Wildman–Crippen MR) is 52.4 cm³/mol. The van der Waals surface area contributed by atoms with E-state index in [0.717, 1.165) is 6.07 Å². The fourth-order valence-corrected chi connectivity index (χ4v) is 1.43. The minimum atomic E-state index is -4.94. The molecule has 8 heteroatoms. The highest BCUT2D eigenvalue weighted by Crippen LogP contribution is 2.36. The van der Waals surface area contributed by atoms with Crippen LogP contribution in [0.4, 0.5) is 26.3 Å². The molecule has 1 radical (unpaired) electrons. The maximum atomic E-state index is 12.7. The van der Waals surface area contributed by atoms with Crippen molar-refractivity contribution in [2.24, 2.45) is 0 Å². The summed E-state index contributed by atoms with van der Waals surface area (Å²) in [6.45, 7) is 0. The second kappa shape index (κ2) is 4.29. The van der Waals surface area contributed by atoms with Crippen LogP contribution in [0.15, 0.2) is 30.3 Å². The normalized spacial score (nSPS) is 12.7. The highest BCUT2D eigenvalue weighted by molar-refractivity contribution is 5.34. The molecular formula is C11H5F6N2. The average Bonchev–Trinajstić information content (AvgIpc) is 2.74. The first-order valence-corrected chi connectivity index (χ1v) is 4.90. The summed E-state index contributed by atoms with van der Waals surface area (Å²) in [7, 11) is 0. The van der Waals surface area contributed by atoms with Gasteiger partial charge in [-0.25, -0.2) is 4.68 Å². The van der Waals surface area contributed by atoms with Crippen LogP contribution in [0.1, 0.15) is 11.4 Å². The summed E-state index contributed by atoms with van der Waals surface area (Å²) in [4.78, 5) is 0. The van der Waals surface area contributed by atoms with Crippen molar-refractivity contribution in [1.29, 1.82) is 0 Å². The Balaban J connectivity index is 2.63. The van der Waals surface area contributed by atoms with Gasteiger partial charge in [0.1, 0.15) is 5.69 Å². The zero-order valence-electron chi connectivity index (χ0n) is 9.05. The lowest BCUT2D eigenvalue weighted by molar-refractivity contribution is -0.143. The van der Waals surface area contributed by atoms with Crippen LogP contribution in [0.3, 0.4) is 0 Å². The molecule has 2 nitrogen and oxygen atoms in total. The molecule has 0 aliphatic carbocycles. The summed E-state index contributed by atoms with van der Waals surface area (Å²) in [6, 6.07) is 7.54. The van der Waals surface area contributed by atoms with Crippen LogP contribution < -0.4 is 0 Å². The van der Waals surface area contributed by atoms with Crippen molar-refractivity contribution < 1.29 is 26.3 Å². The molecular weight excluding hydrogens is 274 g/mol. The van der Waals surface area contributed by atoms with E-state index in [-0.39, 0.29) is 16.4 Å². The summed E-state index contributed by atoms with van der Waals surface area (Å²) in [5, 5.41) is 2.97. The lowest BCUT2D eigenvalue weighted by Gasteiger charge is -2.09. The summed E-state index contributed by atoms with van der Waals surface area (Å²) >= 11 is 0. The first-order valence-electron chi connectivity index (χ1n) is 4.90. The Hall–Kier alpha value is -1.99. The molecule has 0 aliphatic rings. The number of nitrogens with zero attached hydrogens (tertiary/aromatic N) is 2. The van der Waals surface area contributed by atoms with E-state index < -0.39 is 23.7 Å². The minimum Gasteiger partial charge on any atom is -0.228 e. The summed E-state index contributed by atoms with van der Waals surface area (Å²) in [5.41, 5.74) is -3.23. The molecule has 0 unspecified atom stereocenters. The van der Waals surface area contributed by atoms with Crippen molar-refractivity contribution in [3.63, 3.8) is 0 Å². The Labute approximate surface area is 103 Å². The van der Waals surface area contributed by atoms with Crippen LogP contribution in [-0.4, -0.2) is 9.78 Å². The fourth-order valence-electron chi connectivity index (χ4n) is 1.43. The van der Waals surface area contributed by atoms with Crippen LogP contribution in [0.5, 0.6) is 0 Å². The number of alkyl halides is 6. The van der Waals surface area contributed by atoms with E-state index in [1.165, 1.54) is 18.2 Å². The van der Waals surface area contributed by atoms with Crippen LogP contribution >= 0.6 is 0 Å². The van der Waals surface area contributed by atoms with Gasteiger partial charge < -0.3 is 0 Å². The topological polar surface area (TPSA) is 17.8 Å². The van der Waals surface area contributed by atoms with Gasteiger partial charge >= 0.3 is 12.4 Å². The van der Waals surface area contributed by atoms with Gasteiger partial charge in [0, 0.05) is 6.07 Å². The monoisotopic (exact) mass is 279 g/mol. The van der Waals surface area contributed by atoms with Gasteiger partial charge in [0.15, 0.2) is 5.69 Å². The first kappa shape index (κ1) is 13.4. The molecule has 0 saturated heterocycles. The first-order chi connectivity index (χ1) is 8.69. The Kier molecular flexibility index (Phi) is 3.03. The van der Waals surface area contributed by atoms with Crippen molar-refractivity contribution in [3.05, 3.63) is 47.8 Å². The molecule has 0 amide bonds. The van der Waals surface area contributed by atoms with Gasteiger partial charge in [0.05, 0.1) is 5.69 Å². The number of aromatic nitrogens is 2. The highest BCUT2D eigenvalue weighted by Gasteiger charge is 2.42. The molecule has 0 bridgehead atoms. The molecule has 2 aromatic rings. The van der Waals surface area contributed by atoms with E-state index in [2.05, 4.69) is 11.2 Å². The molecule has 1 heterocycles. The van der Waals surface area contributed by atoms with E-state index in [0.29, 0.717) is 0 Å². The van der Waals surface area contributed by atoms with Crippen molar-refractivity contribution in [3.8, 4) is 5.69 Å². The number of hydrogen-bond acceptors (Lipinski definition) is 1. The zero-order chi connectivity index (χ0) is 14.3. The van der Waals surface area contributed by atoms with Crippen molar-refractivity contribution in [1.82, 2.24) is 9.78 Å². The second-order valence-electron chi connectivity index (χ2n) is 3.58. The van der Waals surface area contributed by atoms with Gasteiger partial charge in [0.25, 0.3) is 0 Å². The molecule has 0 atom stereocenters. The minimum absolute atomic E-state index is 0.0208. The van der Waals surface area contributed by atoms with E-state index in [1.54, 1.807) is 0 Å². The lowest BCUT2D eigenvalue weighted by Crippen LogP contribution is -2.13. The molecule has 0 aliphatic heterocycles. The van der Waals surface area contributed by atoms with Gasteiger partial charge in [-0.15, -0.1) is 0 Å². The third-order valence-electron chi connectivity index (χ3n) is 2.23. The van der Waals surface area contributed by atoms with Gasteiger partial charge in [-0.2, -0.15) is 31.4 Å². The third kappa shape index (κ3) is 2.72. The van der Waals surface area contributed by atoms with Crippen LogP contribution in [-0.2, 0) is 12.4 Å². The van der Waals surface area contributed by atoms with E-state index in [4.69, 9.17) is 0 Å². The van der Waals surface area contributed by atoms with Crippen LogP contribution in [0.25, 0.3) is 5.69 Å². The van der Waals surface area contributed by atoms with Crippen LogP contribution in [0.2, 0.25) is 0 Å². The quantitative estimate of drug-likeness (QED) is 0.728. The number of rotatable bonds is 1. The molecule has 0 saturated carbocycles. The van der Waals surface area contributed by atoms with Crippen molar-refractivity contribution in [2.45, 2.75) is 12.4 Å². The van der Waals surface area contributed by atoms with Gasteiger partial charge in [0.2, 0.25) is 0 Å². The van der Waals surface area contributed by atoms with E-state index in [1.807, 2.05) is 0 Å². The summed E-state index contributed by atoms with van der Waals surface area (Å²) in [6.07, 6.45) is -9.88. The zero-order valence-corrected chi connectivity index (χ0v) is 9.05. The Morgan fingerprint density at radius 2 is 1.74 bits per heavy atom. The second-order valence-corrected chi connectivity index (χ2v) is 3.58. The molecule has 0 spiro atoms. The average molecular weight is 279 g/mol. The molecule has 0 N–H and O–H groups in total. The molecule has 19 heavy (non-hydrogen) atoms. The Morgan fingerprint density at radius 3 is 2.21 bits per heavy atom. The molecule has 1 aromatic heterocycles. The Morgan fingerprint density at radius 1 is 1.05 bits per heavy atom. The fraction of sp³-hybridized carbons (Fsp3) is 0.182. The SMILES string of the molecule is FC(F)(F)c1cc(C(F)(F)F)n(-c2c[c]ccc2)n1. The smallest absolute Gasteiger partial charge is 0.228 e. The maximum Gasteiger partial charge on any atom is 0.435 e. The highest BCUT2D eigenvalue weighted by atomic mass is 19.4. The van der Waals surface area contributed by atoms with Gasteiger partial charge in [-0.1, -0.05) is 12.1 Å². The molecule has 2 rings (SSSR count). The number of hydrogen-bond donors (Lipinski definition) is 0. The Bertz CT molecular complexity index is 567. The molecule has 0 fully saturated rings. The lowest BCUT2D eigenvalue weighted by atomic mass is 10.3. The number of benzene rings is 1. The van der Waals surface area contributed by atoms with Gasteiger partial charge in [-0.05, 0) is 18.2 Å². The maximum absolute atomic E-state index is 12.7.